The molecule has 6 rings (SSSR count). The second kappa shape index (κ2) is 6.29. The number of allylic oxidation sites excluding steroid dienone is 3. The maximum Gasteiger partial charge on any atom is 0.238 e. The maximum atomic E-state index is 13.0. The second-order valence-electron chi connectivity index (χ2n) is 8.16. The summed E-state index contributed by atoms with van der Waals surface area (Å²) < 4.78 is 2.10. The minimum Gasteiger partial charge on any atom is -0.274 e. The van der Waals surface area contributed by atoms with Crippen molar-refractivity contribution in [1.29, 1.82) is 0 Å². The summed E-state index contributed by atoms with van der Waals surface area (Å²) >= 11 is 3.47. The Bertz CT molecular complexity index is 1030. The normalized spacial score (nSPS) is 33.4. The molecule has 0 spiro atoms. The molecule has 2 fully saturated rings. The molecule has 4 aliphatic rings. The molecule has 3 aliphatic carbocycles. The summed E-state index contributed by atoms with van der Waals surface area (Å²) in [4.78, 5) is 32.3. The zero-order valence-electron chi connectivity index (χ0n) is 15.3. The van der Waals surface area contributed by atoms with Crippen LogP contribution in [0.2, 0.25) is 0 Å². The lowest BCUT2D eigenvalue weighted by atomic mass is 9.85. The fraction of sp³-hybridized carbons (Fsp3) is 0.409. The number of thioether (sulfide) groups is 1. The molecule has 1 aromatic carbocycles. The van der Waals surface area contributed by atoms with Gasteiger partial charge in [0.25, 0.3) is 0 Å². The number of fused-ring (bicyclic) bond motifs is 6. The van der Waals surface area contributed by atoms with Crippen LogP contribution in [0.3, 0.4) is 0 Å². The maximum absolute atomic E-state index is 13.0. The first-order chi connectivity index (χ1) is 13.7. The number of thiazole rings is 1. The molecule has 1 aromatic heterocycles. The Balaban J connectivity index is 1.30. The Morgan fingerprint density at radius 3 is 2.57 bits per heavy atom. The molecule has 2 aromatic rings. The number of imide groups is 1. The van der Waals surface area contributed by atoms with Crippen LogP contribution in [0.4, 0.5) is 5.69 Å². The van der Waals surface area contributed by atoms with Crippen molar-refractivity contribution in [2.75, 3.05) is 4.90 Å². The highest BCUT2D eigenvalue weighted by Crippen LogP contribution is 2.53. The van der Waals surface area contributed by atoms with Crippen LogP contribution >= 0.6 is 23.1 Å². The number of hydrogen-bond acceptors (Lipinski definition) is 5. The lowest BCUT2D eigenvalue weighted by molar-refractivity contribution is -0.123. The van der Waals surface area contributed by atoms with Crippen LogP contribution in [0.15, 0.2) is 46.8 Å². The van der Waals surface area contributed by atoms with Gasteiger partial charge in [-0.1, -0.05) is 36.1 Å². The highest BCUT2D eigenvalue weighted by molar-refractivity contribution is 8.01. The fourth-order valence-corrected chi connectivity index (χ4v) is 7.69. The van der Waals surface area contributed by atoms with E-state index in [0.717, 1.165) is 21.0 Å². The van der Waals surface area contributed by atoms with Crippen molar-refractivity contribution in [2.45, 2.75) is 35.3 Å². The number of nitrogens with zero attached hydrogens (tertiary/aromatic N) is 2. The number of carbonyl (C=O) groups excluding carboxylic acids is 2. The standard InChI is InChI=1S/C22H20N2O2S2/c25-20-18-12-6-7-13(10-12)19(18)21(26)24(20)14-8-9-16-17(11-14)28-22(23-16)27-15-4-2-1-3-5-15/h2,4,6-9,11-13,15,18-19H,1,3,5,10H2/t12-,13-,15-,18-,19-/m0/s1. The van der Waals surface area contributed by atoms with E-state index in [0.29, 0.717) is 10.9 Å². The minimum atomic E-state index is -0.149. The van der Waals surface area contributed by atoms with Crippen molar-refractivity contribution < 1.29 is 9.59 Å². The predicted octanol–water partition coefficient (Wildman–Crippen LogP) is 4.81. The van der Waals surface area contributed by atoms with E-state index in [1.807, 2.05) is 30.0 Å². The van der Waals surface area contributed by atoms with Gasteiger partial charge in [0.15, 0.2) is 4.34 Å². The van der Waals surface area contributed by atoms with Gasteiger partial charge in [0.1, 0.15) is 0 Å². The van der Waals surface area contributed by atoms with Crippen LogP contribution in [0.25, 0.3) is 10.2 Å². The highest BCUT2D eigenvalue weighted by atomic mass is 32.2. The Morgan fingerprint density at radius 2 is 1.86 bits per heavy atom. The first kappa shape index (κ1) is 17.0. The third-order valence-corrected chi connectivity index (χ3v) is 8.88. The van der Waals surface area contributed by atoms with Crippen molar-refractivity contribution in [1.82, 2.24) is 4.98 Å². The lowest BCUT2D eigenvalue weighted by Crippen LogP contribution is -2.32. The zero-order valence-corrected chi connectivity index (χ0v) is 16.9. The van der Waals surface area contributed by atoms with Crippen LogP contribution in [-0.4, -0.2) is 22.0 Å². The van der Waals surface area contributed by atoms with Gasteiger partial charge in [0, 0.05) is 5.25 Å². The number of hydrogen-bond donors (Lipinski definition) is 0. The summed E-state index contributed by atoms with van der Waals surface area (Å²) in [5, 5.41) is 0.498. The summed E-state index contributed by atoms with van der Waals surface area (Å²) in [6.07, 6.45) is 13.4. The third-order valence-electron chi connectivity index (χ3n) is 6.54. The van der Waals surface area contributed by atoms with Gasteiger partial charge >= 0.3 is 0 Å². The predicted molar refractivity (Wildman–Crippen MR) is 112 cm³/mol. The average Bonchev–Trinajstić information content (AvgIpc) is 3.45. The van der Waals surface area contributed by atoms with Crippen LogP contribution in [0, 0.1) is 23.7 Å². The van der Waals surface area contributed by atoms with Crippen molar-refractivity contribution in [3.8, 4) is 0 Å². The number of amides is 2. The highest BCUT2D eigenvalue weighted by Gasteiger charge is 2.59. The van der Waals surface area contributed by atoms with Gasteiger partial charge in [-0.05, 0) is 55.7 Å². The SMILES string of the molecule is O=C1[C@@H]2[C@@H](C(=O)N1c1ccc3nc(S[C@H]4C=CCCC4)sc3c1)[C@H]1C=C[C@H]2C1. The number of carbonyl (C=O) groups is 2. The Morgan fingerprint density at radius 1 is 1.07 bits per heavy atom. The lowest BCUT2D eigenvalue weighted by Gasteiger charge is -2.17. The topological polar surface area (TPSA) is 50.3 Å². The Kier molecular flexibility index (Phi) is 3.82. The van der Waals surface area contributed by atoms with Crippen LogP contribution in [0.1, 0.15) is 25.7 Å². The van der Waals surface area contributed by atoms with Gasteiger partial charge in [0.2, 0.25) is 11.8 Å². The number of anilines is 1. The summed E-state index contributed by atoms with van der Waals surface area (Å²) in [5.74, 6) is 0.160. The molecule has 1 saturated heterocycles. The molecule has 2 amide bonds. The smallest absolute Gasteiger partial charge is 0.238 e. The molecule has 28 heavy (non-hydrogen) atoms. The van der Waals surface area contributed by atoms with E-state index in [1.165, 1.54) is 24.2 Å². The third kappa shape index (κ3) is 2.47. The molecule has 142 valence electrons. The molecule has 5 atom stereocenters. The Hall–Kier alpha value is -1.92. The molecule has 4 nitrogen and oxygen atoms in total. The summed E-state index contributed by atoms with van der Waals surface area (Å²) in [5.41, 5.74) is 1.64. The number of benzene rings is 1. The average molecular weight is 409 g/mol. The molecular formula is C22H20N2O2S2. The second-order valence-corrected chi connectivity index (χ2v) is 10.7. The number of rotatable bonds is 3. The molecule has 0 radical (unpaired) electrons. The molecule has 1 aliphatic heterocycles. The van der Waals surface area contributed by atoms with E-state index in [-0.39, 0.29) is 35.5 Å². The summed E-state index contributed by atoms with van der Waals surface area (Å²) in [6.45, 7) is 0. The van der Waals surface area contributed by atoms with Gasteiger partial charge in [-0.3, -0.25) is 9.59 Å². The summed E-state index contributed by atoms with van der Waals surface area (Å²) in [7, 11) is 0. The quantitative estimate of drug-likeness (QED) is 0.540. The largest absolute Gasteiger partial charge is 0.274 e. The Labute approximate surface area is 171 Å². The van der Waals surface area contributed by atoms with Gasteiger partial charge in [-0.25, -0.2) is 9.88 Å². The van der Waals surface area contributed by atoms with E-state index >= 15 is 0 Å². The van der Waals surface area contributed by atoms with Crippen molar-refractivity contribution in [3.63, 3.8) is 0 Å². The van der Waals surface area contributed by atoms with Crippen LogP contribution in [-0.2, 0) is 9.59 Å². The van der Waals surface area contributed by atoms with E-state index in [4.69, 9.17) is 4.98 Å². The first-order valence-electron chi connectivity index (χ1n) is 9.99. The first-order valence-corrected chi connectivity index (χ1v) is 11.7. The molecular weight excluding hydrogens is 388 g/mol. The zero-order chi connectivity index (χ0) is 18.8. The molecule has 2 bridgehead atoms. The van der Waals surface area contributed by atoms with E-state index in [1.54, 1.807) is 11.3 Å². The van der Waals surface area contributed by atoms with E-state index < -0.39 is 0 Å². The van der Waals surface area contributed by atoms with Crippen LogP contribution in [0.5, 0.6) is 0 Å². The van der Waals surface area contributed by atoms with Gasteiger partial charge < -0.3 is 0 Å². The summed E-state index contributed by atoms with van der Waals surface area (Å²) in [6, 6.07) is 5.80. The van der Waals surface area contributed by atoms with Gasteiger partial charge in [-0.15, -0.1) is 11.3 Å². The van der Waals surface area contributed by atoms with Crippen molar-refractivity contribution >= 4 is 50.8 Å². The molecule has 0 unspecified atom stereocenters. The van der Waals surface area contributed by atoms with Crippen molar-refractivity contribution in [3.05, 3.63) is 42.5 Å². The van der Waals surface area contributed by atoms with Crippen molar-refractivity contribution in [2.24, 2.45) is 23.7 Å². The molecule has 0 N–H and O–H groups in total. The fourth-order valence-electron chi connectivity index (χ4n) is 5.25. The van der Waals surface area contributed by atoms with E-state index in [9.17, 15) is 9.59 Å². The van der Waals surface area contributed by atoms with Gasteiger partial charge in [0.05, 0.1) is 27.7 Å². The molecule has 2 heterocycles. The minimum absolute atomic E-state index is 0.0161. The van der Waals surface area contributed by atoms with Gasteiger partial charge in [-0.2, -0.15) is 0 Å². The van der Waals surface area contributed by atoms with E-state index in [2.05, 4.69) is 24.3 Å². The molecule has 6 heteroatoms. The molecule has 1 saturated carbocycles. The monoisotopic (exact) mass is 408 g/mol. The van der Waals surface area contributed by atoms with Crippen LogP contribution < -0.4 is 4.90 Å². The number of aromatic nitrogens is 1.